The van der Waals surface area contributed by atoms with Crippen LogP contribution >= 0.6 is 11.3 Å². The quantitative estimate of drug-likeness (QED) is 0.942. The molecule has 2 aromatic heterocycles. The summed E-state index contributed by atoms with van der Waals surface area (Å²) in [7, 11) is 0. The Kier molecular flexibility index (Phi) is 4.34. The molecule has 1 aliphatic rings. The van der Waals surface area contributed by atoms with E-state index in [0.29, 0.717) is 17.8 Å². The summed E-state index contributed by atoms with van der Waals surface area (Å²) < 4.78 is 5.60. The molecule has 1 aliphatic carbocycles. The zero-order valence-electron chi connectivity index (χ0n) is 12.1. The smallest absolute Gasteiger partial charge is 0.258 e. The first kappa shape index (κ1) is 14.3. The molecule has 0 radical (unpaired) electrons. The minimum Gasteiger partial charge on any atom is -0.419 e. The Morgan fingerprint density at radius 3 is 2.90 bits per heavy atom. The Labute approximate surface area is 127 Å². The van der Waals surface area contributed by atoms with Crippen molar-refractivity contribution in [1.29, 1.82) is 0 Å². The number of thiophene rings is 1. The first-order chi connectivity index (χ1) is 10.2. The third kappa shape index (κ3) is 3.50. The largest absolute Gasteiger partial charge is 0.419 e. The van der Waals surface area contributed by atoms with Gasteiger partial charge >= 0.3 is 0 Å². The maximum absolute atomic E-state index is 12.0. The Morgan fingerprint density at radius 2 is 2.19 bits per heavy atom. The Morgan fingerprint density at radius 1 is 1.38 bits per heavy atom. The van der Waals surface area contributed by atoms with E-state index in [1.54, 1.807) is 11.3 Å². The van der Waals surface area contributed by atoms with Crippen molar-refractivity contribution in [2.24, 2.45) is 0 Å². The van der Waals surface area contributed by atoms with Crippen LogP contribution in [0.5, 0.6) is 0 Å². The van der Waals surface area contributed by atoms with Crippen molar-refractivity contribution in [2.45, 2.75) is 51.5 Å². The van der Waals surface area contributed by atoms with Crippen LogP contribution in [0, 0.1) is 6.92 Å². The molecule has 0 saturated heterocycles. The van der Waals surface area contributed by atoms with E-state index in [9.17, 15) is 4.79 Å². The van der Waals surface area contributed by atoms with Gasteiger partial charge < -0.3 is 9.73 Å². The van der Waals surface area contributed by atoms with Gasteiger partial charge in [0.2, 0.25) is 11.8 Å². The van der Waals surface area contributed by atoms with Crippen molar-refractivity contribution in [3.8, 4) is 10.8 Å². The third-order valence-electron chi connectivity index (χ3n) is 3.81. The Hall–Kier alpha value is -1.69. The second kappa shape index (κ2) is 6.39. The van der Waals surface area contributed by atoms with Crippen LogP contribution in [0.3, 0.4) is 0 Å². The molecule has 2 heterocycles. The molecule has 1 amide bonds. The zero-order chi connectivity index (χ0) is 14.7. The summed E-state index contributed by atoms with van der Waals surface area (Å²) in [6, 6.07) is 2.33. The van der Waals surface area contributed by atoms with Crippen LogP contribution < -0.4 is 5.32 Å². The molecular weight excluding hydrogens is 286 g/mol. The van der Waals surface area contributed by atoms with Crippen LogP contribution in [0.1, 0.15) is 43.6 Å². The number of carbonyl (C=O) groups excluding carboxylic acids is 1. The Bertz CT molecular complexity index is 614. The lowest BCUT2D eigenvalue weighted by Crippen LogP contribution is -2.37. The first-order valence-electron chi connectivity index (χ1n) is 7.38. The van der Waals surface area contributed by atoms with E-state index in [0.717, 1.165) is 23.3 Å². The van der Waals surface area contributed by atoms with Crippen LogP contribution in [0.15, 0.2) is 15.9 Å². The highest BCUT2D eigenvalue weighted by molar-refractivity contribution is 7.13. The standard InChI is InChI=1S/C15H19N3O2S/c1-10-7-8-21-14(10)15-18-17-13(20-15)9-12(19)16-11-5-3-2-4-6-11/h7-8,11H,2-6,9H2,1H3,(H,16,19). The summed E-state index contributed by atoms with van der Waals surface area (Å²) >= 11 is 1.57. The average Bonchev–Trinajstić information content (AvgIpc) is 3.08. The van der Waals surface area contributed by atoms with Crippen molar-refractivity contribution >= 4 is 17.2 Å². The molecule has 0 bridgehead atoms. The van der Waals surface area contributed by atoms with Crippen molar-refractivity contribution in [3.63, 3.8) is 0 Å². The molecule has 6 heteroatoms. The fourth-order valence-electron chi connectivity index (χ4n) is 2.67. The van der Waals surface area contributed by atoms with Crippen LogP contribution in [0.2, 0.25) is 0 Å². The molecule has 1 fully saturated rings. The number of rotatable bonds is 4. The maximum atomic E-state index is 12.0. The van der Waals surface area contributed by atoms with E-state index in [1.807, 2.05) is 18.4 Å². The lowest BCUT2D eigenvalue weighted by atomic mass is 9.95. The number of amides is 1. The highest BCUT2D eigenvalue weighted by atomic mass is 32.1. The zero-order valence-corrected chi connectivity index (χ0v) is 12.9. The summed E-state index contributed by atoms with van der Waals surface area (Å²) in [5.41, 5.74) is 1.11. The molecule has 2 aromatic rings. The van der Waals surface area contributed by atoms with E-state index < -0.39 is 0 Å². The number of aromatic nitrogens is 2. The number of hydrogen-bond donors (Lipinski definition) is 1. The van der Waals surface area contributed by atoms with Crippen molar-refractivity contribution in [2.75, 3.05) is 0 Å². The highest BCUT2D eigenvalue weighted by Gasteiger charge is 2.18. The maximum Gasteiger partial charge on any atom is 0.258 e. The number of hydrogen-bond acceptors (Lipinski definition) is 5. The molecule has 0 unspecified atom stereocenters. The third-order valence-corrected chi connectivity index (χ3v) is 4.81. The van der Waals surface area contributed by atoms with Gasteiger partial charge in [0, 0.05) is 6.04 Å². The summed E-state index contributed by atoms with van der Waals surface area (Å²) in [5, 5.41) is 13.1. The highest BCUT2D eigenvalue weighted by Crippen LogP contribution is 2.27. The summed E-state index contributed by atoms with van der Waals surface area (Å²) in [6.45, 7) is 2.01. The van der Waals surface area contributed by atoms with Gasteiger partial charge in [-0.2, -0.15) is 0 Å². The van der Waals surface area contributed by atoms with Gasteiger partial charge in [0.1, 0.15) is 6.42 Å². The lowest BCUT2D eigenvalue weighted by molar-refractivity contribution is -0.121. The van der Waals surface area contributed by atoms with E-state index in [2.05, 4.69) is 15.5 Å². The topological polar surface area (TPSA) is 68.0 Å². The Balaban J connectivity index is 1.59. The first-order valence-corrected chi connectivity index (χ1v) is 8.26. The summed E-state index contributed by atoms with van der Waals surface area (Å²) in [6.07, 6.45) is 6.00. The van der Waals surface area contributed by atoms with E-state index in [-0.39, 0.29) is 12.3 Å². The van der Waals surface area contributed by atoms with Gasteiger partial charge in [-0.05, 0) is 36.8 Å². The molecule has 5 nitrogen and oxygen atoms in total. The predicted molar refractivity (Wildman–Crippen MR) is 81.1 cm³/mol. The van der Waals surface area contributed by atoms with E-state index in [4.69, 9.17) is 4.42 Å². The molecule has 3 rings (SSSR count). The van der Waals surface area contributed by atoms with E-state index >= 15 is 0 Å². The van der Waals surface area contributed by atoms with Gasteiger partial charge in [-0.25, -0.2) is 0 Å². The monoisotopic (exact) mass is 305 g/mol. The normalized spacial score (nSPS) is 16.0. The van der Waals surface area contributed by atoms with Gasteiger partial charge in [-0.1, -0.05) is 19.3 Å². The van der Waals surface area contributed by atoms with Crippen LogP contribution in [0.4, 0.5) is 0 Å². The van der Waals surface area contributed by atoms with Gasteiger partial charge in [0.25, 0.3) is 5.89 Å². The number of carbonyl (C=O) groups is 1. The van der Waals surface area contributed by atoms with Crippen molar-refractivity contribution < 1.29 is 9.21 Å². The minimum absolute atomic E-state index is 0.0278. The van der Waals surface area contributed by atoms with Gasteiger partial charge in [0.15, 0.2) is 0 Å². The molecule has 1 N–H and O–H groups in total. The molecule has 0 spiro atoms. The minimum atomic E-state index is -0.0278. The average molecular weight is 305 g/mol. The summed E-state index contributed by atoms with van der Waals surface area (Å²) in [5.74, 6) is 0.856. The van der Waals surface area contributed by atoms with Crippen LogP contribution in [0.25, 0.3) is 10.8 Å². The summed E-state index contributed by atoms with van der Waals surface area (Å²) in [4.78, 5) is 13.0. The molecule has 0 atom stereocenters. The van der Waals surface area contributed by atoms with Crippen LogP contribution in [-0.2, 0) is 11.2 Å². The second-order valence-corrected chi connectivity index (χ2v) is 6.43. The molecule has 0 aliphatic heterocycles. The van der Waals surface area contributed by atoms with Crippen molar-refractivity contribution in [1.82, 2.24) is 15.5 Å². The molecule has 0 aromatic carbocycles. The van der Waals surface area contributed by atoms with Gasteiger partial charge in [0.05, 0.1) is 4.88 Å². The number of aryl methyl sites for hydroxylation is 1. The predicted octanol–water partition coefficient (Wildman–Crippen LogP) is 3.10. The number of nitrogens with one attached hydrogen (secondary N) is 1. The van der Waals surface area contributed by atoms with Crippen LogP contribution in [-0.4, -0.2) is 22.1 Å². The lowest BCUT2D eigenvalue weighted by Gasteiger charge is -2.22. The molecule has 112 valence electrons. The van der Waals surface area contributed by atoms with E-state index in [1.165, 1.54) is 19.3 Å². The van der Waals surface area contributed by atoms with Gasteiger partial charge in [-0.15, -0.1) is 21.5 Å². The van der Waals surface area contributed by atoms with Gasteiger partial charge in [-0.3, -0.25) is 4.79 Å². The molecule has 21 heavy (non-hydrogen) atoms. The fourth-order valence-corrected chi connectivity index (χ4v) is 3.52. The number of nitrogens with zero attached hydrogens (tertiary/aromatic N) is 2. The fraction of sp³-hybridized carbons (Fsp3) is 0.533. The molecular formula is C15H19N3O2S. The SMILES string of the molecule is Cc1ccsc1-c1nnc(CC(=O)NC2CCCCC2)o1. The second-order valence-electron chi connectivity index (χ2n) is 5.51. The molecule has 1 saturated carbocycles. The van der Waals surface area contributed by atoms with Crippen molar-refractivity contribution in [3.05, 3.63) is 22.9 Å².